The third kappa shape index (κ3) is 5.13. The van der Waals surface area contributed by atoms with Gasteiger partial charge in [0.25, 0.3) is 0 Å². The zero-order valence-corrected chi connectivity index (χ0v) is 14.7. The smallest absolute Gasteiger partial charge is 0.123 e. The molecule has 3 nitrogen and oxygen atoms in total. The van der Waals surface area contributed by atoms with Crippen molar-refractivity contribution in [2.24, 2.45) is 0 Å². The first-order chi connectivity index (χ1) is 10.7. The van der Waals surface area contributed by atoms with Gasteiger partial charge in [-0.1, -0.05) is 46.3 Å². The van der Waals surface area contributed by atoms with Crippen LogP contribution in [0.15, 0.2) is 53.0 Å². The maximum atomic E-state index is 5.48. The topological polar surface area (TPSA) is 21.7 Å². The summed E-state index contributed by atoms with van der Waals surface area (Å²) in [6.45, 7) is 3.30. The van der Waals surface area contributed by atoms with Gasteiger partial charge in [0.15, 0.2) is 0 Å². The Morgan fingerprint density at radius 2 is 1.77 bits per heavy atom. The predicted octanol–water partition coefficient (Wildman–Crippen LogP) is 4.11. The summed E-state index contributed by atoms with van der Waals surface area (Å²) < 4.78 is 11.8. The normalized spacial score (nSPS) is 10.9. The van der Waals surface area contributed by atoms with Crippen LogP contribution in [0.5, 0.6) is 5.75 Å². The molecule has 22 heavy (non-hydrogen) atoms. The number of ether oxygens (including phenoxy) is 2. The molecule has 0 amide bonds. The second-order valence-corrected chi connectivity index (χ2v) is 6.06. The fraction of sp³-hybridized carbons (Fsp3) is 0.333. The molecule has 0 aromatic heterocycles. The predicted molar refractivity (Wildman–Crippen MR) is 93.1 cm³/mol. The fourth-order valence-corrected chi connectivity index (χ4v) is 2.80. The molecule has 0 saturated heterocycles. The van der Waals surface area contributed by atoms with Gasteiger partial charge in [-0.15, -0.1) is 0 Å². The molecule has 0 unspecified atom stereocenters. The van der Waals surface area contributed by atoms with Crippen LogP contribution in [0, 0.1) is 0 Å². The number of hydrogen-bond acceptors (Lipinski definition) is 3. The Morgan fingerprint density at radius 1 is 1.00 bits per heavy atom. The summed E-state index contributed by atoms with van der Waals surface area (Å²) in [4.78, 5) is 2.36. The first kappa shape index (κ1) is 17.0. The Kier molecular flexibility index (Phi) is 6.90. The molecule has 0 fully saturated rings. The molecule has 0 radical (unpaired) electrons. The summed E-state index contributed by atoms with van der Waals surface area (Å²) >= 11 is 3.54. The summed E-state index contributed by atoms with van der Waals surface area (Å²) in [5.74, 6) is 0.915. The van der Waals surface area contributed by atoms with E-state index in [0.717, 1.165) is 29.9 Å². The lowest BCUT2D eigenvalue weighted by Crippen LogP contribution is -2.26. The Labute approximate surface area is 141 Å². The molecule has 0 atom stereocenters. The molecule has 2 aromatic carbocycles. The van der Waals surface area contributed by atoms with Crippen molar-refractivity contribution in [1.82, 2.24) is 4.90 Å². The van der Waals surface area contributed by atoms with E-state index in [0.29, 0.717) is 6.61 Å². The van der Waals surface area contributed by atoms with E-state index in [9.17, 15) is 0 Å². The number of benzene rings is 2. The van der Waals surface area contributed by atoms with Crippen LogP contribution >= 0.6 is 15.9 Å². The van der Waals surface area contributed by atoms with E-state index in [4.69, 9.17) is 9.47 Å². The summed E-state index contributed by atoms with van der Waals surface area (Å²) in [5, 5.41) is 0. The molecule has 0 N–H and O–H groups in total. The summed E-state index contributed by atoms with van der Waals surface area (Å²) in [5.41, 5.74) is 2.47. The third-order valence-corrected chi connectivity index (χ3v) is 3.99. The van der Waals surface area contributed by atoms with Gasteiger partial charge in [-0.3, -0.25) is 4.90 Å². The second-order valence-electron chi connectivity index (χ2n) is 5.15. The summed E-state index contributed by atoms with van der Waals surface area (Å²) in [6.07, 6.45) is 0. The van der Waals surface area contributed by atoms with E-state index in [2.05, 4.69) is 51.2 Å². The molecule has 0 aliphatic heterocycles. The Morgan fingerprint density at radius 3 is 2.45 bits per heavy atom. The van der Waals surface area contributed by atoms with Crippen LogP contribution in [-0.4, -0.2) is 32.3 Å². The molecular formula is C18H22BrNO2. The second kappa shape index (κ2) is 8.93. The number of rotatable bonds is 8. The van der Waals surface area contributed by atoms with Gasteiger partial charge in [0.05, 0.1) is 13.7 Å². The molecule has 0 bridgehead atoms. The lowest BCUT2D eigenvalue weighted by atomic mass is 10.1. The quantitative estimate of drug-likeness (QED) is 0.704. The maximum absolute atomic E-state index is 5.48. The van der Waals surface area contributed by atoms with Crippen molar-refractivity contribution in [1.29, 1.82) is 0 Å². The highest BCUT2D eigenvalue weighted by atomic mass is 79.9. The van der Waals surface area contributed by atoms with Crippen molar-refractivity contribution in [3.05, 3.63) is 64.1 Å². The van der Waals surface area contributed by atoms with Gasteiger partial charge in [-0.2, -0.15) is 0 Å². The summed E-state index contributed by atoms with van der Waals surface area (Å²) in [7, 11) is 3.45. The molecule has 2 aromatic rings. The highest BCUT2D eigenvalue weighted by Gasteiger charge is 2.11. The standard InChI is InChI=1S/C18H22BrNO2/c1-21-11-10-20(13-15-6-4-3-5-7-15)14-16-12-17(19)8-9-18(16)22-2/h3-9,12H,10-11,13-14H2,1-2H3. The number of nitrogens with zero attached hydrogens (tertiary/aromatic N) is 1. The van der Waals surface area contributed by atoms with Crippen LogP contribution in [0.2, 0.25) is 0 Å². The van der Waals surface area contributed by atoms with E-state index in [-0.39, 0.29) is 0 Å². The van der Waals surface area contributed by atoms with Gasteiger partial charge in [-0.05, 0) is 23.8 Å². The minimum absolute atomic E-state index is 0.711. The van der Waals surface area contributed by atoms with E-state index in [1.54, 1.807) is 14.2 Å². The van der Waals surface area contributed by atoms with Gasteiger partial charge >= 0.3 is 0 Å². The van der Waals surface area contributed by atoms with E-state index in [1.165, 1.54) is 11.1 Å². The molecule has 4 heteroatoms. The van der Waals surface area contributed by atoms with Gasteiger partial charge in [0.2, 0.25) is 0 Å². The van der Waals surface area contributed by atoms with Crippen molar-refractivity contribution in [2.75, 3.05) is 27.4 Å². The molecule has 2 rings (SSSR count). The fourth-order valence-electron chi connectivity index (χ4n) is 2.39. The van der Waals surface area contributed by atoms with Crippen molar-refractivity contribution in [3.8, 4) is 5.75 Å². The van der Waals surface area contributed by atoms with Gasteiger partial charge in [0, 0.05) is 36.8 Å². The number of methoxy groups -OCH3 is 2. The van der Waals surface area contributed by atoms with Crippen LogP contribution in [0.3, 0.4) is 0 Å². The molecule has 0 heterocycles. The SMILES string of the molecule is COCCN(Cc1ccccc1)Cc1cc(Br)ccc1OC. The van der Waals surface area contributed by atoms with Crippen molar-refractivity contribution in [2.45, 2.75) is 13.1 Å². The maximum Gasteiger partial charge on any atom is 0.123 e. The Hall–Kier alpha value is -1.36. The minimum atomic E-state index is 0.711. The lowest BCUT2D eigenvalue weighted by molar-refractivity contribution is 0.139. The Balaban J connectivity index is 2.14. The monoisotopic (exact) mass is 363 g/mol. The van der Waals surface area contributed by atoms with Crippen LogP contribution in [0.25, 0.3) is 0 Å². The molecule has 0 aliphatic carbocycles. The molecular weight excluding hydrogens is 342 g/mol. The van der Waals surface area contributed by atoms with Crippen LogP contribution in [0.4, 0.5) is 0 Å². The summed E-state index contributed by atoms with van der Waals surface area (Å²) in [6, 6.07) is 16.6. The zero-order chi connectivity index (χ0) is 15.8. The van der Waals surface area contributed by atoms with Crippen LogP contribution in [-0.2, 0) is 17.8 Å². The largest absolute Gasteiger partial charge is 0.496 e. The van der Waals surface area contributed by atoms with Crippen LogP contribution < -0.4 is 4.74 Å². The first-order valence-electron chi connectivity index (χ1n) is 7.30. The third-order valence-electron chi connectivity index (χ3n) is 3.50. The molecule has 118 valence electrons. The van der Waals surface area contributed by atoms with Gasteiger partial charge < -0.3 is 9.47 Å². The van der Waals surface area contributed by atoms with E-state index >= 15 is 0 Å². The Bertz CT molecular complexity index is 575. The van der Waals surface area contributed by atoms with Crippen molar-refractivity contribution < 1.29 is 9.47 Å². The zero-order valence-electron chi connectivity index (χ0n) is 13.1. The molecule has 0 aliphatic rings. The van der Waals surface area contributed by atoms with E-state index in [1.807, 2.05) is 18.2 Å². The first-order valence-corrected chi connectivity index (χ1v) is 8.10. The average Bonchev–Trinajstić information content (AvgIpc) is 2.54. The lowest BCUT2D eigenvalue weighted by Gasteiger charge is -2.23. The van der Waals surface area contributed by atoms with Gasteiger partial charge in [-0.25, -0.2) is 0 Å². The van der Waals surface area contributed by atoms with Crippen molar-refractivity contribution >= 4 is 15.9 Å². The highest BCUT2D eigenvalue weighted by molar-refractivity contribution is 9.10. The number of hydrogen-bond donors (Lipinski definition) is 0. The highest BCUT2D eigenvalue weighted by Crippen LogP contribution is 2.24. The average molecular weight is 364 g/mol. The molecule has 0 spiro atoms. The van der Waals surface area contributed by atoms with E-state index < -0.39 is 0 Å². The van der Waals surface area contributed by atoms with Crippen molar-refractivity contribution in [3.63, 3.8) is 0 Å². The minimum Gasteiger partial charge on any atom is -0.496 e. The van der Waals surface area contributed by atoms with Crippen LogP contribution in [0.1, 0.15) is 11.1 Å². The number of halogens is 1. The molecule has 0 saturated carbocycles. The van der Waals surface area contributed by atoms with Gasteiger partial charge in [0.1, 0.15) is 5.75 Å².